The van der Waals surface area contributed by atoms with Crippen LogP contribution >= 0.6 is 0 Å². The summed E-state index contributed by atoms with van der Waals surface area (Å²) in [5.74, 6) is 0. The molecule has 0 amide bonds. The van der Waals surface area contributed by atoms with Crippen molar-refractivity contribution < 1.29 is 0 Å². The van der Waals surface area contributed by atoms with Gasteiger partial charge in [-0.1, -0.05) is 34.1 Å². The summed E-state index contributed by atoms with van der Waals surface area (Å²) in [6.07, 6.45) is 5.67. The quantitative estimate of drug-likeness (QED) is 0.646. The van der Waals surface area contributed by atoms with Crippen LogP contribution in [-0.2, 0) is 0 Å². The summed E-state index contributed by atoms with van der Waals surface area (Å²) in [7, 11) is 0. The molecule has 0 atom stereocenters. The summed E-state index contributed by atoms with van der Waals surface area (Å²) in [6, 6.07) is 0.923. The van der Waals surface area contributed by atoms with Gasteiger partial charge in [-0.3, -0.25) is 0 Å². The lowest BCUT2D eigenvalue weighted by Gasteiger charge is -2.38. The van der Waals surface area contributed by atoms with Crippen molar-refractivity contribution in [1.82, 2.24) is 4.90 Å². The van der Waals surface area contributed by atoms with Crippen LogP contribution in [0.15, 0.2) is 0 Å². The first-order chi connectivity index (χ1) is 6.03. The van der Waals surface area contributed by atoms with Crippen LogP contribution in [0.4, 0.5) is 0 Å². The molecule has 1 rings (SSSR count). The fraction of sp³-hybridized carbons (Fsp3) is 1.00. The molecule has 1 fully saturated rings. The van der Waals surface area contributed by atoms with Crippen LogP contribution in [0.25, 0.3) is 0 Å². The molecule has 1 aliphatic carbocycles. The minimum absolute atomic E-state index is 0.497. The normalized spacial score (nSPS) is 19.2. The Labute approximate surface area is 83.5 Å². The fourth-order valence-corrected chi connectivity index (χ4v) is 1.83. The lowest BCUT2D eigenvalue weighted by Crippen LogP contribution is -2.41. The number of nitrogens with zero attached hydrogens (tertiary/aromatic N) is 1. The first-order valence-electron chi connectivity index (χ1n) is 5.77. The predicted molar refractivity (Wildman–Crippen MR) is 59.0 cm³/mol. The minimum atomic E-state index is 0.497. The van der Waals surface area contributed by atoms with Gasteiger partial charge in [-0.15, -0.1) is 0 Å². The van der Waals surface area contributed by atoms with Crippen LogP contribution in [0.1, 0.15) is 53.4 Å². The third-order valence-electron chi connectivity index (χ3n) is 3.15. The van der Waals surface area contributed by atoms with Crippen molar-refractivity contribution >= 4 is 0 Å². The van der Waals surface area contributed by atoms with Crippen LogP contribution in [0.3, 0.4) is 0 Å². The molecular formula is C12H25N. The van der Waals surface area contributed by atoms with Gasteiger partial charge < -0.3 is 4.90 Å². The second-order valence-corrected chi connectivity index (χ2v) is 5.52. The molecule has 1 aliphatic rings. The minimum Gasteiger partial charge on any atom is -0.301 e. The maximum Gasteiger partial charge on any atom is 0.00951 e. The molecule has 0 unspecified atom stereocenters. The number of rotatable bonds is 4. The van der Waals surface area contributed by atoms with E-state index in [1.54, 1.807) is 0 Å². The lowest BCUT2D eigenvalue weighted by molar-refractivity contribution is 0.118. The van der Waals surface area contributed by atoms with Gasteiger partial charge in [-0.2, -0.15) is 0 Å². The summed E-state index contributed by atoms with van der Waals surface area (Å²) in [5.41, 5.74) is 0.497. The average Bonchev–Trinajstić information content (AvgIpc) is 1.91. The Morgan fingerprint density at radius 3 is 2.15 bits per heavy atom. The second kappa shape index (κ2) is 4.45. The van der Waals surface area contributed by atoms with Crippen LogP contribution < -0.4 is 0 Å². The Bertz CT molecular complexity index is 142. The van der Waals surface area contributed by atoms with Crippen molar-refractivity contribution in [1.29, 1.82) is 0 Å². The molecule has 1 heteroatoms. The highest BCUT2D eigenvalue weighted by molar-refractivity contribution is 4.80. The van der Waals surface area contributed by atoms with Crippen molar-refractivity contribution in [2.75, 3.05) is 13.1 Å². The lowest BCUT2D eigenvalue weighted by atomic mass is 9.88. The van der Waals surface area contributed by atoms with Gasteiger partial charge in [0.1, 0.15) is 0 Å². The van der Waals surface area contributed by atoms with Crippen LogP contribution in [0.2, 0.25) is 0 Å². The Morgan fingerprint density at radius 2 is 1.85 bits per heavy atom. The van der Waals surface area contributed by atoms with E-state index in [0.717, 1.165) is 6.04 Å². The van der Waals surface area contributed by atoms with E-state index < -0.39 is 0 Å². The number of hydrogen-bond acceptors (Lipinski definition) is 1. The molecular weight excluding hydrogens is 158 g/mol. The van der Waals surface area contributed by atoms with E-state index >= 15 is 0 Å². The molecule has 1 nitrogen and oxygen atoms in total. The zero-order chi connectivity index (χ0) is 9.90. The van der Waals surface area contributed by atoms with E-state index in [-0.39, 0.29) is 0 Å². The third kappa shape index (κ3) is 3.68. The van der Waals surface area contributed by atoms with Crippen LogP contribution in [0, 0.1) is 5.41 Å². The second-order valence-electron chi connectivity index (χ2n) is 5.52. The maximum absolute atomic E-state index is 2.66. The summed E-state index contributed by atoms with van der Waals surface area (Å²) in [6.45, 7) is 11.8. The molecule has 78 valence electrons. The van der Waals surface area contributed by atoms with E-state index in [1.165, 1.54) is 38.8 Å². The van der Waals surface area contributed by atoms with Crippen LogP contribution in [0.5, 0.6) is 0 Å². The maximum atomic E-state index is 2.66. The largest absolute Gasteiger partial charge is 0.301 e. The van der Waals surface area contributed by atoms with Crippen molar-refractivity contribution in [2.45, 2.75) is 59.4 Å². The molecule has 0 radical (unpaired) electrons. The zero-order valence-corrected chi connectivity index (χ0v) is 9.77. The molecule has 0 aromatic carbocycles. The summed E-state index contributed by atoms with van der Waals surface area (Å²) in [4.78, 5) is 2.66. The topological polar surface area (TPSA) is 3.24 Å². The molecule has 0 saturated heterocycles. The highest BCUT2D eigenvalue weighted by Gasteiger charge is 2.24. The van der Waals surface area contributed by atoms with Gasteiger partial charge in [0.15, 0.2) is 0 Å². The average molecular weight is 183 g/mol. The van der Waals surface area contributed by atoms with Gasteiger partial charge in [0.05, 0.1) is 0 Å². The van der Waals surface area contributed by atoms with Gasteiger partial charge in [0.2, 0.25) is 0 Å². The highest BCUT2D eigenvalue weighted by Crippen LogP contribution is 2.26. The van der Waals surface area contributed by atoms with Gasteiger partial charge >= 0.3 is 0 Å². The van der Waals surface area contributed by atoms with Gasteiger partial charge in [-0.25, -0.2) is 0 Å². The van der Waals surface area contributed by atoms with E-state index in [2.05, 4.69) is 32.6 Å². The molecule has 0 spiro atoms. The summed E-state index contributed by atoms with van der Waals surface area (Å²) in [5, 5.41) is 0. The molecule has 0 aliphatic heterocycles. The molecule has 0 aromatic rings. The van der Waals surface area contributed by atoms with Crippen molar-refractivity contribution in [2.24, 2.45) is 5.41 Å². The monoisotopic (exact) mass is 183 g/mol. The van der Waals surface area contributed by atoms with Crippen LogP contribution in [-0.4, -0.2) is 24.0 Å². The fourth-order valence-electron chi connectivity index (χ4n) is 1.83. The van der Waals surface area contributed by atoms with E-state index in [1.807, 2.05) is 0 Å². The summed E-state index contributed by atoms with van der Waals surface area (Å²) >= 11 is 0. The molecule has 0 N–H and O–H groups in total. The molecule has 0 heterocycles. The Kier molecular flexibility index (Phi) is 3.78. The number of hydrogen-bond donors (Lipinski definition) is 0. The smallest absolute Gasteiger partial charge is 0.00951 e. The van der Waals surface area contributed by atoms with Gasteiger partial charge in [-0.05, 0) is 37.8 Å². The Hall–Kier alpha value is -0.0400. The molecule has 0 aromatic heterocycles. The molecule has 0 bridgehead atoms. The first kappa shape index (κ1) is 11.0. The zero-order valence-electron chi connectivity index (χ0n) is 9.77. The van der Waals surface area contributed by atoms with Gasteiger partial charge in [0, 0.05) is 6.04 Å². The van der Waals surface area contributed by atoms with Crippen molar-refractivity contribution in [3.63, 3.8) is 0 Å². The van der Waals surface area contributed by atoms with E-state index in [0.29, 0.717) is 5.41 Å². The standard InChI is InChI=1S/C12H25N/c1-5-13(11-7-6-8-11)10-9-12(2,3)4/h11H,5-10H2,1-4H3. The van der Waals surface area contributed by atoms with E-state index in [9.17, 15) is 0 Å². The third-order valence-corrected chi connectivity index (χ3v) is 3.15. The van der Waals surface area contributed by atoms with E-state index in [4.69, 9.17) is 0 Å². The highest BCUT2D eigenvalue weighted by atomic mass is 15.2. The van der Waals surface area contributed by atoms with Crippen molar-refractivity contribution in [3.8, 4) is 0 Å². The Morgan fingerprint density at radius 1 is 1.23 bits per heavy atom. The predicted octanol–water partition coefficient (Wildman–Crippen LogP) is 3.30. The molecule has 1 saturated carbocycles. The SMILES string of the molecule is CCN(CCC(C)(C)C)C1CCC1. The molecule has 13 heavy (non-hydrogen) atoms. The Balaban J connectivity index is 2.23. The summed E-state index contributed by atoms with van der Waals surface area (Å²) < 4.78 is 0. The van der Waals surface area contributed by atoms with Crippen molar-refractivity contribution in [3.05, 3.63) is 0 Å². The first-order valence-corrected chi connectivity index (χ1v) is 5.77. The van der Waals surface area contributed by atoms with Gasteiger partial charge in [0.25, 0.3) is 0 Å².